The monoisotopic (exact) mass is 486 g/mol. The first kappa shape index (κ1) is 23.7. The van der Waals surface area contributed by atoms with E-state index in [0.717, 1.165) is 48.2 Å². The number of amides is 1. The van der Waals surface area contributed by atoms with E-state index in [4.69, 9.17) is 9.51 Å². The molecule has 0 fully saturated rings. The smallest absolute Gasteiger partial charge is 0.315 e. The van der Waals surface area contributed by atoms with Crippen molar-refractivity contribution < 1.29 is 9.32 Å². The number of rotatable bonds is 5. The molecule has 0 bridgehead atoms. The minimum absolute atomic E-state index is 0.00280. The van der Waals surface area contributed by atoms with Gasteiger partial charge in [0.2, 0.25) is 5.95 Å². The highest BCUT2D eigenvalue weighted by Gasteiger charge is 2.27. The van der Waals surface area contributed by atoms with E-state index in [1.54, 1.807) is 17.1 Å². The molecule has 186 valence electrons. The summed E-state index contributed by atoms with van der Waals surface area (Å²) in [6.45, 7) is 5.94. The summed E-state index contributed by atoms with van der Waals surface area (Å²) in [6.07, 6.45) is 9.19. The molecule has 0 saturated heterocycles. The van der Waals surface area contributed by atoms with Gasteiger partial charge in [-0.1, -0.05) is 44.5 Å². The zero-order valence-corrected chi connectivity index (χ0v) is 20.9. The van der Waals surface area contributed by atoms with Crippen molar-refractivity contribution in [3.63, 3.8) is 0 Å². The van der Waals surface area contributed by atoms with Crippen LogP contribution in [0.25, 0.3) is 11.3 Å². The quantitative estimate of drug-likeness (QED) is 0.395. The van der Waals surface area contributed by atoms with E-state index >= 15 is 0 Å². The van der Waals surface area contributed by atoms with E-state index in [1.807, 2.05) is 46.1 Å². The Balaban J connectivity index is 1.36. The molecule has 10 heteroatoms. The van der Waals surface area contributed by atoms with Crippen LogP contribution in [-0.4, -0.2) is 35.8 Å². The number of fused-ring (bicyclic) bond motifs is 1. The van der Waals surface area contributed by atoms with Crippen LogP contribution in [0.15, 0.2) is 47.4 Å². The largest absolute Gasteiger partial charge is 0.341 e. The van der Waals surface area contributed by atoms with Crippen molar-refractivity contribution in [2.24, 2.45) is 7.05 Å². The Bertz CT molecular complexity index is 1380. The van der Waals surface area contributed by atoms with E-state index in [9.17, 15) is 4.79 Å². The fraction of sp³-hybridized carbons (Fsp3) is 0.385. The molecular formula is C26H30N8O2. The van der Waals surface area contributed by atoms with Crippen LogP contribution in [0, 0.1) is 0 Å². The van der Waals surface area contributed by atoms with Crippen molar-refractivity contribution in [2.75, 3.05) is 5.32 Å². The lowest BCUT2D eigenvalue weighted by Gasteiger charge is -2.19. The van der Waals surface area contributed by atoms with Crippen molar-refractivity contribution in [1.29, 1.82) is 0 Å². The number of carbonyl (C=O) groups excluding carboxylic acids is 1. The van der Waals surface area contributed by atoms with Crippen molar-refractivity contribution in [3.05, 3.63) is 65.7 Å². The average Bonchev–Trinajstić information content (AvgIpc) is 3.46. The number of hydrogen-bond acceptors (Lipinski definition) is 8. The SMILES string of the molecule is Cn1cc(Nc2nccc(-c3ccc4c(c3)CCCC[C@@H]4NC(=O)c3nc(C(C)(C)C)no3)n2)cn1. The van der Waals surface area contributed by atoms with E-state index in [2.05, 4.69) is 43.0 Å². The number of hydrogen-bond donors (Lipinski definition) is 2. The maximum atomic E-state index is 12.9. The Hall–Kier alpha value is -4.08. The lowest BCUT2D eigenvalue weighted by atomic mass is 9.95. The van der Waals surface area contributed by atoms with Crippen molar-refractivity contribution >= 4 is 17.5 Å². The molecule has 3 heterocycles. The Morgan fingerprint density at radius 2 is 2.03 bits per heavy atom. The summed E-state index contributed by atoms with van der Waals surface area (Å²) < 4.78 is 6.97. The lowest BCUT2D eigenvalue weighted by molar-refractivity contribution is 0.0890. The van der Waals surface area contributed by atoms with E-state index in [0.29, 0.717) is 11.8 Å². The summed E-state index contributed by atoms with van der Waals surface area (Å²) in [5, 5.41) is 14.4. The molecule has 0 unspecified atom stereocenters. The van der Waals surface area contributed by atoms with Gasteiger partial charge in [-0.05, 0) is 42.5 Å². The second-order valence-electron chi connectivity index (χ2n) is 10.2. The first-order chi connectivity index (χ1) is 17.3. The minimum Gasteiger partial charge on any atom is -0.341 e. The standard InChI is InChI=1S/C26H30N8O2/c1-26(2,3)24-32-23(36-33-24)22(35)30-21-8-6-5-7-16-13-17(9-10-19(16)21)20-11-12-27-25(31-20)29-18-14-28-34(4)15-18/h9-15,21H,5-8H2,1-4H3,(H,30,35)(H,27,29,31)/t21-/m0/s1. The van der Waals surface area contributed by atoms with E-state index < -0.39 is 0 Å². The number of aromatic nitrogens is 6. The van der Waals surface area contributed by atoms with Gasteiger partial charge in [0.25, 0.3) is 0 Å². The molecule has 1 aromatic carbocycles. The summed E-state index contributed by atoms with van der Waals surface area (Å²) in [5.74, 6) is 0.675. The minimum atomic E-state index is -0.346. The van der Waals surface area contributed by atoms with Crippen LogP contribution >= 0.6 is 0 Å². The third-order valence-electron chi connectivity index (χ3n) is 6.22. The van der Waals surface area contributed by atoms with Crippen LogP contribution < -0.4 is 10.6 Å². The number of carbonyl (C=O) groups is 1. The molecule has 1 amide bonds. The molecule has 5 rings (SSSR count). The Labute approximate surface area is 209 Å². The maximum Gasteiger partial charge on any atom is 0.315 e. The summed E-state index contributed by atoms with van der Waals surface area (Å²) in [7, 11) is 1.86. The molecule has 0 spiro atoms. The normalized spacial score (nSPS) is 15.7. The summed E-state index contributed by atoms with van der Waals surface area (Å²) in [5.41, 5.74) is 4.68. The van der Waals surface area contributed by atoms with Crippen molar-refractivity contribution in [2.45, 2.75) is 57.9 Å². The van der Waals surface area contributed by atoms with Crippen LogP contribution in [0.4, 0.5) is 11.6 Å². The van der Waals surface area contributed by atoms with Gasteiger partial charge in [0.1, 0.15) is 0 Å². The number of nitrogens with one attached hydrogen (secondary N) is 2. The maximum absolute atomic E-state index is 12.9. The Kier molecular flexibility index (Phi) is 6.26. The molecule has 0 aliphatic heterocycles. The predicted molar refractivity (Wildman–Crippen MR) is 135 cm³/mol. The molecule has 1 aliphatic carbocycles. The first-order valence-corrected chi connectivity index (χ1v) is 12.1. The summed E-state index contributed by atoms with van der Waals surface area (Å²) in [4.78, 5) is 26.2. The van der Waals surface area contributed by atoms with Crippen LogP contribution in [0.5, 0.6) is 0 Å². The summed E-state index contributed by atoms with van der Waals surface area (Å²) in [6, 6.07) is 8.08. The molecular weight excluding hydrogens is 456 g/mol. The molecule has 1 aliphatic rings. The molecule has 0 radical (unpaired) electrons. The topological polar surface area (TPSA) is 124 Å². The van der Waals surface area contributed by atoms with Gasteiger partial charge in [-0.25, -0.2) is 9.97 Å². The fourth-order valence-corrected chi connectivity index (χ4v) is 4.33. The number of nitrogens with zero attached hydrogens (tertiary/aromatic N) is 6. The van der Waals surface area contributed by atoms with Crippen LogP contribution in [-0.2, 0) is 18.9 Å². The molecule has 2 N–H and O–H groups in total. The highest BCUT2D eigenvalue weighted by molar-refractivity contribution is 5.89. The second-order valence-corrected chi connectivity index (χ2v) is 10.2. The van der Waals surface area contributed by atoms with E-state index in [-0.39, 0.29) is 23.3 Å². The predicted octanol–water partition coefficient (Wildman–Crippen LogP) is 4.50. The molecule has 1 atom stereocenters. The molecule has 3 aromatic heterocycles. The van der Waals surface area contributed by atoms with Gasteiger partial charge < -0.3 is 15.2 Å². The number of anilines is 2. The highest BCUT2D eigenvalue weighted by atomic mass is 16.5. The first-order valence-electron chi connectivity index (χ1n) is 12.1. The zero-order valence-electron chi connectivity index (χ0n) is 20.9. The Morgan fingerprint density at radius 3 is 2.78 bits per heavy atom. The van der Waals surface area contributed by atoms with Gasteiger partial charge in [0, 0.05) is 30.4 Å². The Morgan fingerprint density at radius 1 is 1.17 bits per heavy atom. The van der Waals surface area contributed by atoms with Gasteiger partial charge in [0.05, 0.1) is 23.6 Å². The van der Waals surface area contributed by atoms with Crippen LogP contribution in [0.1, 0.15) is 73.7 Å². The van der Waals surface area contributed by atoms with Gasteiger partial charge in [0.15, 0.2) is 5.82 Å². The number of aryl methyl sites for hydroxylation is 2. The van der Waals surface area contributed by atoms with Crippen LogP contribution in [0.2, 0.25) is 0 Å². The van der Waals surface area contributed by atoms with Gasteiger partial charge in [-0.3, -0.25) is 9.48 Å². The van der Waals surface area contributed by atoms with E-state index in [1.165, 1.54) is 5.56 Å². The third-order valence-corrected chi connectivity index (χ3v) is 6.22. The lowest BCUT2D eigenvalue weighted by Crippen LogP contribution is -2.29. The van der Waals surface area contributed by atoms with Gasteiger partial charge in [-0.2, -0.15) is 10.1 Å². The third kappa shape index (κ3) is 5.12. The second kappa shape index (κ2) is 9.52. The average molecular weight is 487 g/mol. The fourth-order valence-electron chi connectivity index (χ4n) is 4.33. The van der Waals surface area contributed by atoms with Gasteiger partial charge >= 0.3 is 11.8 Å². The van der Waals surface area contributed by atoms with Gasteiger partial charge in [-0.15, -0.1) is 0 Å². The zero-order chi connectivity index (χ0) is 25.3. The van der Waals surface area contributed by atoms with Crippen molar-refractivity contribution in [1.82, 2.24) is 35.2 Å². The molecule has 36 heavy (non-hydrogen) atoms. The van der Waals surface area contributed by atoms with Crippen molar-refractivity contribution in [3.8, 4) is 11.3 Å². The van der Waals surface area contributed by atoms with Crippen LogP contribution in [0.3, 0.4) is 0 Å². The number of benzene rings is 1. The molecule has 10 nitrogen and oxygen atoms in total. The molecule has 4 aromatic rings. The summed E-state index contributed by atoms with van der Waals surface area (Å²) >= 11 is 0. The molecule has 0 saturated carbocycles. The highest BCUT2D eigenvalue weighted by Crippen LogP contribution is 2.32.